The molecule has 0 saturated carbocycles. The first-order valence-electron chi connectivity index (χ1n) is 24.9. The number of carbonyl (C=O) groups is 3. The molecule has 18 heteroatoms. The number of likely N-dealkylation sites (N-methyl/N-ethyl adjacent to an activating group) is 1. The summed E-state index contributed by atoms with van der Waals surface area (Å²) >= 11 is 0. The minimum absolute atomic E-state index is 0.115. The zero-order valence-corrected chi connectivity index (χ0v) is 43.3. The van der Waals surface area contributed by atoms with Crippen molar-refractivity contribution in [2.24, 2.45) is 17.8 Å². The number of esters is 1. The lowest BCUT2D eigenvalue weighted by molar-refractivity contribution is -0.319. The van der Waals surface area contributed by atoms with Gasteiger partial charge in [-0.1, -0.05) is 39.0 Å². The Morgan fingerprint density at radius 1 is 0.942 bits per heavy atom. The Morgan fingerprint density at radius 3 is 2.30 bits per heavy atom. The van der Waals surface area contributed by atoms with E-state index in [0.29, 0.717) is 25.8 Å². The Balaban J connectivity index is 1.38. The van der Waals surface area contributed by atoms with Crippen LogP contribution in [0, 0.1) is 17.8 Å². The number of para-hydroxylation sites is 1. The third kappa shape index (κ3) is 11.6. The van der Waals surface area contributed by atoms with Crippen LogP contribution in [0.5, 0.6) is 0 Å². The Bertz CT molecular complexity index is 2060. The number of aliphatic hydroxyl groups is 2. The number of aliphatic hydroxyl groups excluding tert-OH is 2. The van der Waals surface area contributed by atoms with Gasteiger partial charge >= 0.3 is 12.1 Å². The second-order valence-corrected chi connectivity index (χ2v) is 20.9. The second-order valence-electron chi connectivity index (χ2n) is 20.9. The quantitative estimate of drug-likeness (QED) is 0.156. The van der Waals surface area contributed by atoms with E-state index in [1.54, 1.807) is 40.8 Å². The molecule has 4 aliphatic rings. The van der Waals surface area contributed by atoms with Crippen LogP contribution in [0.15, 0.2) is 36.5 Å². The van der Waals surface area contributed by atoms with E-state index in [1.165, 1.54) is 19.2 Å². The first kappa shape index (κ1) is 54.8. The number of carbonyl (C=O) groups excluding carboxylic acids is 3. The molecule has 2 amide bonds. The van der Waals surface area contributed by atoms with Crippen LogP contribution >= 0.6 is 0 Å². The van der Waals surface area contributed by atoms with Crippen molar-refractivity contribution in [1.29, 1.82) is 0 Å². The van der Waals surface area contributed by atoms with Crippen molar-refractivity contribution in [3.63, 3.8) is 0 Å². The fourth-order valence-electron chi connectivity index (χ4n) is 11.4. The lowest BCUT2D eigenvalue weighted by Crippen LogP contribution is -2.63. The van der Waals surface area contributed by atoms with Crippen LogP contribution in [0.3, 0.4) is 0 Å². The van der Waals surface area contributed by atoms with Crippen LogP contribution in [0.25, 0.3) is 10.9 Å². The molecule has 4 N–H and O–H groups in total. The molecular weight excluding hydrogens is 891 g/mol. The number of ether oxygens (including phenoxy) is 8. The molecule has 18 atom stereocenters. The maximum atomic E-state index is 15.0. The molecule has 4 aliphatic heterocycles. The number of fused-ring (bicyclic) bond motifs is 2. The van der Waals surface area contributed by atoms with Crippen molar-refractivity contribution >= 4 is 28.9 Å². The minimum atomic E-state index is -1.45. The molecule has 1 aromatic heterocycles. The number of hydrogen-bond donors (Lipinski definition) is 4. The van der Waals surface area contributed by atoms with Crippen LogP contribution in [0.2, 0.25) is 0 Å². The predicted octanol–water partition coefficient (Wildman–Crippen LogP) is 4.89. The summed E-state index contributed by atoms with van der Waals surface area (Å²) in [4.78, 5) is 50.1. The normalized spacial score (nSPS) is 40.7. The summed E-state index contributed by atoms with van der Waals surface area (Å²) in [5, 5.41) is 28.6. The van der Waals surface area contributed by atoms with Crippen molar-refractivity contribution in [2.45, 2.75) is 198 Å². The highest BCUT2D eigenvalue weighted by atomic mass is 16.7. The summed E-state index contributed by atoms with van der Waals surface area (Å²) in [5.41, 5.74) is 1.57. The molecule has 18 nitrogen and oxygen atoms in total. The first-order chi connectivity index (χ1) is 32.5. The van der Waals surface area contributed by atoms with E-state index in [0.717, 1.165) is 16.5 Å². The van der Waals surface area contributed by atoms with Gasteiger partial charge in [0.25, 0.3) is 0 Å². The standard InChI is InChI=1S/C51H81N5O13/c1-15-38-51(10)42(56(48(61)69-51)53-23-18-19-34-22-24-52-36-21-17-16-20-35(34)36)32(6)54-45(59)28(2)26-50(9,63-14)44(68-47-40(57)37(55(11)12)25-29(3)64-47)30(4)41(31(5)46(60)66-38)67-39-27-49(8,62-13)43(58)33(7)65-39/h16-17,20-22,24,28-33,37-44,47,53,57-58H,15,18-19,23,25-27H2,1-14H3,(H,54,59)/t28-,29-,30+,31-,32?,33+,37+,38-,39+,40-,41+,42-,43+,44-,47+,49-,50+,51-/m1/s1. The number of pyridine rings is 1. The van der Waals surface area contributed by atoms with Gasteiger partial charge in [0.1, 0.15) is 24.4 Å². The molecule has 0 aliphatic carbocycles. The van der Waals surface area contributed by atoms with Gasteiger partial charge in [-0.15, -0.1) is 0 Å². The van der Waals surface area contributed by atoms with E-state index in [9.17, 15) is 24.6 Å². The highest BCUT2D eigenvalue weighted by Gasteiger charge is 2.60. The van der Waals surface area contributed by atoms with Gasteiger partial charge in [0.2, 0.25) is 5.91 Å². The van der Waals surface area contributed by atoms with Crippen molar-refractivity contribution < 1.29 is 62.5 Å². The molecule has 0 radical (unpaired) electrons. The van der Waals surface area contributed by atoms with Gasteiger partial charge in [0.15, 0.2) is 18.2 Å². The summed E-state index contributed by atoms with van der Waals surface area (Å²) in [7, 11) is 6.84. The number of hydrogen-bond acceptors (Lipinski definition) is 16. The predicted molar refractivity (Wildman–Crippen MR) is 256 cm³/mol. The molecule has 4 saturated heterocycles. The minimum Gasteiger partial charge on any atom is -0.458 e. The van der Waals surface area contributed by atoms with Crippen molar-refractivity contribution in [3.05, 3.63) is 42.1 Å². The van der Waals surface area contributed by atoms with Gasteiger partial charge in [0, 0.05) is 56.6 Å². The van der Waals surface area contributed by atoms with E-state index in [1.807, 2.05) is 83.9 Å². The maximum Gasteiger partial charge on any atom is 0.425 e. The van der Waals surface area contributed by atoms with Gasteiger partial charge in [-0.2, -0.15) is 0 Å². The number of cyclic esters (lactones) is 1. The number of amides is 2. The summed E-state index contributed by atoms with van der Waals surface area (Å²) in [6.45, 7) is 18.4. The third-order valence-electron chi connectivity index (χ3n) is 15.6. The Labute approximate surface area is 408 Å². The Kier molecular flexibility index (Phi) is 17.8. The monoisotopic (exact) mass is 972 g/mol. The van der Waals surface area contributed by atoms with Crippen LogP contribution in [-0.4, -0.2) is 168 Å². The molecule has 4 fully saturated rings. The number of rotatable bonds is 13. The van der Waals surface area contributed by atoms with Crippen molar-refractivity contribution in [1.82, 2.24) is 25.6 Å². The average Bonchev–Trinajstić information content (AvgIpc) is 3.58. The number of nitrogens with zero attached hydrogens (tertiary/aromatic N) is 3. The van der Waals surface area contributed by atoms with E-state index in [2.05, 4.69) is 15.7 Å². The van der Waals surface area contributed by atoms with Crippen molar-refractivity contribution in [3.8, 4) is 0 Å². The van der Waals surface area contributed by atoms with Gasteiger partial charge in [-0.3, -0.25) is 14.6 Å². The third-order valence-corrected chi connectivity index (χ3v) is 15.6. The first-order valence-corrected chi connectivity index (χ1v) is 24.9. The molecular formula is C51H81N5O13. The fourth-order valence-corrected chi connectivity index (χ4v) is 11.4. The summed E-state index contributed by atoms with van der Waals surface area (Å²) in [5.74, 6) is -3.43. The average molecular weight is 972 g/mol. The smallest absolute Gasteiger partial charge is 0.425 e. The van der Waals surface area contributed by atoms with Crippen LogP contribution in [0.1, 0.15) is 107 Å². The molecule has 0 bridgehead atoms. The fraction of sp³-hybridized carbons (Fsp3) is 0.765. The van der Waals surface area contributed by atoms with Crippen LogP contribution in [0.4, 0.5) is 4.79 Å². The number of hydrazine groups is 1. The van der Waals surface area contributed by atoms with E-state index in [4.69, 9.17) is 37.9 Å². The number of aromatic nitrogens is 1. The largest absolute Gasteiger partial charge is 0.458 e. The lowest BCUT2D eigenvalue weighted by Gasteiger charge is -2.49. The number of methoxy groups -OCH3 is 2. The molecule has 388 valence electrons. The molecule has 69 heavy (non-hydrogen) atoms. The topological polar surface area (TPSA) is 209 Å². The zero-order chi connectivity index (χ0) is 50.7. The molecule has 1 aromatic carbocycles. The van der Waals surface area contributed by atoms with E-state index < -0.39 is 108 Å². The lowest BCUT2D eigenvalue weighted by atomic mass is 9.77. The second kappa shape index (κ2) is 22.5. The van der Waals surface area contributed by atoms with Gasteiger partial charge in [-0.25, -0.2) is 15.2 Å². The summed E-state index contributed by atoms with van der Waals surface area (Å²) in [6, 6.07) is 8.10. The highest BCUT2D eigenvalue weighted by molar-refractivity contribution is 5.82. The van der Waals surface area contributed by atoms with Crippen LogP contribution in [-0.2, 0) is 53.9 Å². The summed E-state index contributed by atoms with van der Waals surface area (Å²) < 4.78 is 51.6. The number of nitrogens with one attached hydrogen (secondary N) is 2. The molecule has 0 spiro atoms. The molecule has 6 rings (SSSR count). The van der Waals surface area contributed by atoms with E-state index >= 15 is 0 Å². The molecule has 2 aromatic rings. The number of aryl methyl sites for hydroxylation is 1. The Morgan fingerprint density at radius 2 is 1.64 bits per heavy atom. The van der Waals surface area contributed by atoms with Crippen molar-refractivity contribution in [2.75, 3.05) is 34.9 Å². The maximum absolute atomic E-state index is 15.0. The molecule has 5 heterocycles. The highest BCUT2D eigenvalue weighted by Crippen LogP contribution is 2.42. The van der Waals surface area contributed by atoms with Gasteiger partial charge in [-0.05, 0) is 112 Å². The van der Waals surface area contributed by atoms with Gasteiger partial charge < -0.3 is 58.3 Å². The Hall–Kier alpha value is -3.56. The number of benzene rings is 1. The summed E-state index contributed by atoms with van der Waals surface area (Å²) in [6.07, 6.45) is -4.60. The molecule has 1 unspecified atom stereocenters. The SMILES string of the molecule is CC[C@H]1OC(=O)[C@H](C)[C@@H](O[C@H]2C[C@@](C)(OC)[C@@H](O)[C@H](C)O2)[C@H](C)[C@@H](O[C@@H]2O[C@H](C)C[C@H](N(C)C)[C@H]2O)[C@@](C)(OC)C[C@@H](C)C(=O)NC(C)[C@H]2N(NCCCc3ccnc4ccccc34)C(=O)O[C@]12C. The van der Waals surface area contributed by atoms with Crippen LogP contribution < -0.4 is 10.7 Å². The van der Waals surface area contributed by atoms with E-state index in [-0.39, 0.29) is 37.3 Å². The van der Waals surface area contributed by atoms with Gasteiger partial charge in [0.05, 0.1) is 53.1 Å². The zero-order valence-electron chi connectivity index (χ0n) is 43.3.